The Hall–Kier alpha value is -0.410. The molecule has 0 aromatic carbocycles. The van der Waals surface area contributed by atoms with Gasteiger partial charge in [0, 0.05) is 12.0 Å². The number of nitrogens with one attached hydrogen (secondary N) is 1. The summed E-state index contributed by atoms with van der Waals surface area (Å²) in [6.07, 6.45) is 19.6. The number of rotatable bonds is 25. The molecule has 0 aromatic rings. The van der Waals surface area contributed by atoms with Gasteiger partial charge in [0.1, 0.15) is 0 Å². The fraction of sp³-hybridized carbons (Fsp3) is 0.970. The van der Waals surface area contributed by atoms with E-state index in [-0.39, 0.29) is 16.4 Å². The quantitative estimate of drug-likeness (QED) is 0.124. The maximum absolute atomic E-state index is 13.3. The second kappa shape index (κ2) is 19.6. The Morgan fingerprint density at radius 1 is 0.750 bits per heavy atom. The lowest BCUT2D eigenvalue weighted by molar-refractivity contribution is -0.132. The summed E-state index contributed by atoms with van der Waals surface area (Å²) < 4.78 is 6.67. The van der Waals surface area contributed by atoms with Crippen molar-refractivity contribution in [1.29, 1.82) is 0 Å². The van der Waals surface area contributed by atoms with Gasteiger partial charge in [-0.2, -0.15) is 0 Å². The van der Waals surface area contributed by atoms with Crippen LogP contribution in [0.15, 0.2) is 0 Å². The Labute approximate surface area is 227 Å². The zero-order valence-corrected chi connectivity index (χ0v) is 26.3. The average molecular weight is 510 g/mol. The van der Waals surface area contributed by atoms with Crippen LogP contribution in [0.2, 0.25) is 0 Å². The number of carbonyl (C=O) groups excluding carboxylic acids is 1. The van der Waals surface area contributed by atoms with Crippen LogP contribution in [0.1, 0.15) is 165 Å². The van der Waals surface area contributed by atoms with E-state index in [0.717, 1.165) is 25.8 Å². The van der Waals surface area contributed by atoms with Crippen molar-refractivity contribution in [3.05, 3.63) is 0 Å². The average Bonchev–Trinajstić information content (AvgIpc) is 2.88. The zero-order chi connectivity index (χ0) is 27.5. The smallest absolute Gasteiger partial charge is 0.152 e. The molecular weight excluding hydrogens is 442 g/mol. The van der Waals surface area contributed by atoms with Gasteiger partial charge in [0.05, 0.1) is 18.8 Å². The van der Waals surface area contributed by atoms with E-state index in [1.807, 2.05) is 0 Å². The van der Waals surface area contributed by atoms with Crippen molar-refractivity contribution in [2.75, 3.05) is 19.7 Å². The van der Waals surface area contributed by atoms with Crippen LogP contribution in [0.4, 0.5) is 0 Å². The molecule has 1 N–H and O–H groups in total. The molecule has 0 heterocycles. The van der Waals surface area contributed by atoms with Crippen molar-refractivity contribution >= 4 is 5.78 Å². The summed E-state index contributed by atoms with van der Waals surface area (Å²) in [5.74, 6) is 0.867. The van der Waals surface area contributed by atoms with Gasteiger partial charge in [0.15, 0.2) is 5.78 Å². The lowest BCUT2D eigenvalue weighted by Crippen LogP contribution is -2.47. The Bertz CT molecular complexity index is 550. The van der Waals surface area contributed by atoms with E-state index < -0.39 is 0 Å². The van der Waals surface area contributed by atoms with Crippen LogP contribution in [0.25, 0.3) is 0 Å². The highest BCUT2D eigenvalue weighted by Gasteiger charge is 2.43. The molecule has 0 aliphatic rings. The highest BCUT2D eigenvalue weighted by atomic mass is 16.5. The van der Waals surface area contributed by atoms with Crippen molar-refractivity contribution in [2.24, 2.45) is 16.7 Å². The second-order valence-electron chi connectivity index (χ2n) is 12.2. The SMILES string of the molecule is CCCCCCCC(C)(CCCC)C(C)(CC)OCCNCC(=O)C(C)(CC)C(CC)CCCCC. The summed E-state index contributed by atoms with van der Waals surface area (Å²) in [7, 11) is 0. The van der Waals surface area contributed by atoms with Crippen molar-refractivity contribution in [3.63, 3.8) is 0 Å². The molecule has 0 amide bonds. The highest BCUT2D eigenvalue weighted by molar-refractivity contribution is 5.86. The van der Waals surface area contributed by atoms with Crippen molar-refractivity contribution < 1.29 is 9.53 Å². The third-order valence-corrected chi connectivity index (χ3v) is 9.77. The van der Waals surface area contributed by atoms with Gasteiger partial charge in [-0.15, -0.1) is 0 Å². The molecular formula is C33H67NO2. The molecule has 0 aliphatic heterocycles. The van der Waals surface area contributed by atoms with E-state index in [1.54, 1.807) is 0 Å². The number of ether oxygens (including phenoxy) is 1. The number of hydrogen-bond acceptors (Lipinski definition) is 3. The molecule has 0 fully saturated rings. The molecule has 0 saturated heterocycles. The monoisotopic (exact) mass is 510 g/mol. The van der Waals surface area contributed by atoms with E-state index in [9.17, 15) is 4.79 Å². The minimum absolute atomic E-state index is 0.122. The van der Waals surface area contributed by atoms with Crippen LogP contribution in [-0.4, -0.2) is 31.1 Å². The molecule has 4 unspecified atom stereocenters. The topological polar surface area (TPSA) is 38.3 Å². The minimum Gasteiger partial charge on any atom is -0.373 e. The van der Waals surface area contributed by atoms with E-state index >= 15 is 0 Å². The largest absolute Gasteiger partial charge is 0.373 e. The first kappa shape index (κ1) is 35.6. The molecule has 3 heteroatoms. The van der Waals surface area contributed by atoms with Gasteiger partial charge in [-0.1, -0.05) is 126 Å². The standard InChI is InChI=1S/C33H67NO2/c1-10-16-19-20-22-25-31(7,24-18-12-3)33(9,15-6)36-27-26-34-28-30(35)32(8,14-5)29(13-4)23-21-17-11-2/h29,34H,10-28H2,1-9H3. The summed E-state index contributed by atoms with van der Waals surface area (Å²) in [5.41, 5.74) is -0.138. The zero-order valence-electron chi connectivity index (χ0n) is 26.3. The molecule has 4 atom stereocenters. The number of ketones is 1. The van der Waals surface area contributed by atoms with Gasteiger partial charge < -0.3 is 10.1 Å². The Kier molecular flexibility index (Phi) is 19.4. The van der Waals surface area contributed by atoms with Crippen LogP contribution in [-0.2, 0) is 9.53 Å². The van der Waals surface area contributed by atoms with Gasteiger partial charge in [-0.3, -0.25) is 4.79 Å². The summed E-state index contributed by atoms with van der Waals surface area (Å²) in [4.78, 5) is 13.3. The first-order valence-corrected chi connectivity index (χ1v) is 16.0. The third kappa shape index (κ3) is 11.5. The van der Waals surface area contributed by atoms with Gasteiger partial charge in [-0.05, 0) is 50.4 Å². The fourth-order valence-electron chi connectivity index (χ4n) is 6.12. The maximum Gasteiger partial charge on any atom is 0.152 e. The van der Waals surface area contributed by atoms with Crippen LogP contribution in [0.5, 0.6) is 0 Å². The van der Waals surface area contributed by atoms with Crippen LogP contribution >= 0.6 is 0 Å². The first-order chi connectivity index (χ1) is 17.1. The summed E-state index contributed by atoms with van der Waals surface area (Å²) >= 11 is 0. The number of hydrogen-bond donors (Lipinski definition) is 1. The molecule has 0 bridgehead atoms. The molecule has 0 radical (unpaired) electrons. The van der Waals surface area contributed by atoms with Crippen molar-refractivity contribution in [3.8, 4) is 0 Å². The maximum atomic E-state index is 13.3. The van der Waals surface area contributed by atoms with Gasteiger partial charge in [0.2, 0.25) is 0 Å². The predicted molar refractivity (Wildman–Crippen MR) is 160 cm³/mol. The molecule has 216 valence electrons. The van der Waals surface area contributed by atoms with Crippen LogP contribution in [0, 0.1) is 16.7 Å². The van der Waals surface area contributed by atoms with Crippen LogP contribution in [0.3, 0.4) is 0 Å². The van der Waals surface area contributed by atoms with Gasteiger partial charge >= 0.3 is 0 Å². The minimum atomic E-state index is -0.217. The second-order valence-corrected chi connectivity index (χ2v) is 12.2. The van der Waals surface area contributed by atoms with Crippen LogP contribution < -0.4 is 5.32 Å². The van der Waals surface area contributed by atoms with Gasteiger partial charge in [-0.25, -0.2) is 0 Å². The Morgan fingerprint density at radius 3 is 1.89 bits per heavy atom. The summed E-state index contributed by atoms with van der Waals surface area (Å²) in [6, 6.07) is 0. The lowest BCUT2D eigenvalue weighted by Gasteiger charge is -2.47. The normalized spacial score (nSPS) is 17.8. The first-order valence-electron chi connectivity index (χ1n) is 16.0. The number of carbonyl (C=O) groups is 1. The fourth-order valence-corrected chi connectivity index (χ4v) is 6.12. The van der Waals surface area contributed by atoms with E-state index in [2.05, 4.69) is 67.6 Å². The number of unbranched alkanes of at least 4 members (excludes halogenated alkanes) is 7. The molecule has 3 nitrogen and oxygen atoms in total. The Morgan fingerprint density at radius 2 is 1.33 bits per heavy atom. The van der Waals surface area contributed by atoms with Crippen molar-refractivity contribution in [2.45, 2.75) is 171 Å². The molecule has 36 heavy (non-hydrogen) atoms. The van der Waals surface area contributed by atoms with E-state index in [1.165, 1.54) is 83.5 Å². The Balaban J connectivity index is 4.92. The number of Topliss-reactive ketones (excluding diaryl/α,β-unsaturated/α-hetero) is 1. The van der Waals surface area contributed by atoms with E-state index in [4.69, 9.17) is 4.74 Å². The van der Waals surface area contributed by atoms with Gasteiger partial charge in [0.25, 0.3) is 0 Å². The molecule has 0 saturated carbocycles. The predicted octanol–water partition coefficient (Wildman–Crippen LogP) is 9.91. The lowest BCUT2D eigenvalue weighted by atomic mass is 9.66. The van der Waals surface area contributed by atoms with E-state index in [0.29, 0.717) is 24.9 Å². The molecule has 0 aliphatic carbocycles. The third-order valence-electron chi connectivity index (χ3n) is 9.77. The molecule has 0 aromatic heterocycles. The molecule has 0 rings (SSSR count). The summed E-state index contributed by atoms with van der Waals surface area (Å²) in [6.45, 7) is 22.5. The molecule has 0 spiro atoms. The van der Waals surface area contributed by atoms with Crippen molar-refractivity contribution in [1.82, 2.24) is 5.32 Å². The summed E-state index contributed by atoms with van der Waals surface area (Å²) in [5, 5.41) is 3.45. The highest BCUT2D eigenvalue weighted by Crippen LogP contribution is 2.45.